The Morgan fingerprint density at radius 1 is 1.70 bits per heavy atom. The molecule has 1 unspecified atom stereocenters. The van der Waals surface area contributed by atoms with E-state index in [0.29, 0.717) is 0 Å². The van der Waals surface area contributed by atoms with Crippen LogP contribution in [0.4, 0.5) is 0 Å². The molecule has 10 heavy (non-hydrogen) atoms. The molecule has 2 nitrogen and oxygen atoms in total. The second-order valence-corrected chi connectivity index (χ2v) is 2.36. The number of hydrogen-bond acceptors (Lipinski definition) is 2. The van der Waals surface area contributed by atoms with Crippen LogP contribution in [0.1, 0.15) is 19.8 Å². The van der Waals surface area contributed by atoms with Crippen molar-refractivity contribution in [3.63, 3.8) is 0 Å². The largest absolute Gasteiger partial charge is 0.292 e. The minimum absolute atomic E-state index is 0.0880. The fraction of sp³-hybridized carbons (Fsp3) is 0.500. The van der Waals surface area contributed by atoms with Crippen molar-refractivity contribution < 1.29 is 4.79 Å². The van der Waals surface area contributed by atoms with E-state index >= 15 is 0 Å². The summed E-state index contributed by atoms with van der Waals surface area (Å²) in [5.41, 5.74) is 0. The van der Waals surface area contributed by atoms with Crippen LogP contribution in [0.2, 0.25) is 0 Å². The van der Waals surface area contributed by atoms with Crippen molar-refractivity contribution in [3.8, 4) is 0 Å². The van der Waals surface area contributed by atoms with Gasteiger partial charge in [0.1, 0.15) is 6.04 Å². The maximum Gasteiger partial charge on any atom is 0.180 e. The molecule has 54 valence electrons. The number of rotatable bonds is 2. The van der Waals surface area contributed by atoms with Crippen LogP contribution >= 0.6 is 0 Å². The zero-order chi connectivity index (χ0) is 7.40. The van der Waals surface area contributed by atoms with Gasteiger partial charge >= 0.3 is 0 Å². The van der Waals surface area contributed by atoms with Crippen molar-refractivity contribution in [3.05, 3.63) is 12.2 Å². The van der Waals surface area contributed by atoms with Crippen molar-refractivity contribution >= 4 is 12.0 Å². The third-order valence-electron chi connectivity index (χ3n) is 1.50. The number of hydrogen-bond donors (Lipinski definition) is 0. The first-order valence-corrected chi connectivity index (χ1v) is 3.58. The van der Waals surface area contributed by atoms with Crippen molar-refractivity contribution in [2.24, 2.45) is 4.99 Å². The van der Waals surface area contributed by atoms with E-state index in [2.05, 4.69) is 11.9 Å². The number of ketones is 1. The summed E-state index contributed by atoms with van der Waals surface area (Å²) in [5.74, 6) is 0.143. The molecule has 1 aliphatic rings. The molecule has 0 aromatic heterocycles. The summed E-state index contributed by atoms with van der Waals surface area (Å²) in [6.07, 6.45) is 6.87. The van der Waals surface area contributed by atoms with Crippen LogP contribution in [-0.4, -0.2) is 18.0 Å². The second-order valence-electron chi connectivity index (χ2n) is 2.36. The molecule has 1 rings (SSSR count). The van der Waals surface area contributed by atoms with E-state index in [0.717, 1.165) is 12.8 Å². The van der Waals surface area contributed by atoms with Gasteiger partial charge in [-0.15, -0.1) is 0 Å². The standard InChI is InChI=1S/C8H11NO/c1-2-4-7-8(10)5-3-6-9-7/h3,5-7H,2,4H2,1H3. The molecule has 1 heterocycles. The molecule has 1 aliphatic heterocycles. The molecule has 0 spiro atoms. The number of aliphatic imine (C=N–C) groups is 1. The van der Waals surface area contributed by atoms with Gasteiger partial charge in [-0.25, -0.2) is 0 Å². The zero-order valence-corrected chi connectivity index (χ0v) is 6.08. The van der Waals surface area contributed by atoms with E-state index in [1.165, 1.54) is 0 Å². The van der Waals surface area contributed by atoms with Crippen molar-refractivity contribution in [1.82, 2.24) is 0 Å². The average Bonchev–Trinajstić information content (AvgIpc) is 1.94. The molecule has 0 radical (unpaired) electrons. The number of dihydropyridines is 1. The van der Waals surface area contributed by atoms with Crippen LogP contribution < -0.4 is 0 Å². The third-order valence-corrected chi connectivity index (χ3v) is 1.50. The first kappa shape index (κ1) is 7.19. The minimum Gasteiger partial charge on any atom is -0.292 e. The molecule has 0 aromatic carbocycles. The average molecular weight is 137 g/mol. The van der Waals surface area contributed by atoms with Crippen LogP contribution in [0.25, 0.3) is 0 Å². The number of allylic oxidation sites excluding steroid dienone is 1. The quantitative estimate of drug-likeness (QED) is 0.565. The summed E-state index contributed by atoms with van der Waals surface area (Å²) in [6, 6.07) is -0.0880. The molecular formula is C8H11NO. The third kappa shape index (κ3) is 1.53. The summed E-state index contributed by atoms with van der Waals surface area (Å²) in [5, 5.41) is 0. The van der Waals surface area contributed by atoms with E-state index in [1.54, 1.807) is 18.4 Å². The predicted molar refractivity (Wildman–Crippen MR) is 41.3 cm³/mol. The number of carbonyl (C=O) groups is 1. The molecule has 1 atom stereocenters. The van der Waals surface area contributed by atoms with Gasteiger partial charge in [0.25, 0.3) is 0 Å². The Morgan fingerprint density at radius 3 is 3.10 bits per heavy atom. The molecule has 0 bridgehead atoms. The van der Waals surface area contributed by atoms with Gasteiger partial charge < -0.3 is 0 Å². The first-order chi connectivity index (χ1) is 4.84. The summed E-state index contributed by atoms with van der Waals surface area (Å²) in [7, 11) is 0. The van der Waals surface area contributed by atoms with Crippen molar-refractivity contribution in [2.75, 3.05) is 0 Å². The van der Waals surface area contributed by atoms with Gasteiger partial charge in [0, 0.05) is 6.21 Å². The van der Waals surface area contributed by atoms with Gasteiger partial charge in [-0.05, 0) is 18.6 Å². The molecular weight excluding hydrogens is 126 g/mol. The second kappa shape index (κ2) is 3.30. The summed E-state index contributed by atoms with van der Waals surface area (Å²) in [6.45, 7) is 2.06. The van der Waals surface area contributed by atoms with E-state index < -0.39 is 0 Å². The Kier molecular flexibility index (Phi) is 2.37. The van der Waals surface area contributed by atoms with Crippen LogP contribution in [-0.2, 0) is 4.79 Å². The molecule has 0 aliphatic carbocycles. The van der Waals surface area contributed by atoms with Crippen LogP contribution in [0, 0.1) is 0 Å². The maximum atomic E-state index is 11.0. The lowest BCUT2D eigenvalue weighted by Crippen LogP contribution is -2.18. The van der Waals surface area contributed by atoms with E-state index in [9.17, 15) is 4.79 Å². The molecule has 0 amide bonds. The smallest absolute Gasteiger partial charge is 0.180 e. The normalized spacial score (nSPS) is 23.7. The van der Waals surface area contributed by atoms with Crippen molar-refractivity contribution in [2.45, 2.75) is 25.8 Å². The number of carbonyl (C=O) groups excluding carboxylic acids is 1. The summed E-state index contributed by atoms with van der Waals surface area (Å²) >= 11 is 0. The predicted octanol–water partition coefficient (Wildman–Crippen LogP) is 1.36. The SMILES string of the molecule is CCCC1N=CC=CC1=O. The molecule has 0 saturated heterocycles. The molecule has 0 aromatic rings. The maximum absolute atomic E-state index is 11.0. The highest BCUT2D eigenvalue weighted by molar-refractivity contribution is 6.00. The highest BCUT2D eigenvalue weighted by Crippen LogP contribution is 2.06. The van der Waals surface area contributed by atoms with Gasteiger partial charge in [0.15, 0.2) is 5.78 Å². The molecule has 0 fully saturated rings. The van der Waals surface area contributed by atoms with E-state index in [1.807, 2.05) is 0 Å². The van der Waals surface area contributed by atoms with Gasteiger partial charge in [-0.1, -0.05) is 13.3 Å². The molecule has 0 N–H and O–H groups in total. The Labute approximate surface area is 60.7 Å². The summed E-state index contributed by atoms with van der Waals surface area (Å²) in [4.78, 5) is 15.0. The zero-order valence-electron chi connectivity index (χ0n) is 6.08. The monoisotopic (exact) mass is 137 g/mol. The fourth-order valence-corrected chi connectivity index (χ4v) is 0.966. The Hall–Kier alpha value is -0.920. The number of nitrogens with zero attached hydrogens (tertiary/aromatic N) is 1. The highest BCUT2D eigenvalue weighted by Gasteiger charge is 2.13. The van der Waals surface area contributed by atoms with Crippen molar-refractivity contribution in [1.29, 1.82) is 0 Å². The van der Waals surface area contributed by atoms with Gasteiger partial charge in [-0.2, -0.15) is 0 Å². The van der Waals surface area contributed by atoms with Gasteiger partial charge in [0.2, 0.25) is 0 Å². The Bertz CT molecular complexity index is 182. The summed E-state index contributed by atoms with van der Waals surface area (Å²) < 4.78 is 0. The van der Waals surface area contributed by atoms with Gasteiger partial charge in [-0.3, -0.25) is 9.79 Å². The lowest BCUT2D eigenvalue weighted by Gasteiger charge is -2.08. The van der Waals surface area contributed by atoms with E-state index in [4.69, 9.17) is 0 Å². The highest BCUT2D eigenvalue weighted by atomic mass is 16.1. The minimum atomic E-state index is -0.0880. The Balaban J connectivity index is 2.53. The van der Waals surface area contributed by atoms with Crippen LogP contribution in [0.15, 0.2) is 17.1 Å². The molecule has 2 heteroatoms. The van der Waals surface area contributed by atoms with Crippen LogP contribution in [0.5, 0.6) is 0 Å². The van der Waals surface area contributed by atoms with Crippen LogP contribution in [0.3, 0.4) is 0 Å². The van der Waals surface area contributed by atoms with Gasteiger partial charge in [0.05, 0.1) is 0 Å². The topological polar surface area (TPSA) is 29.4 Å². The van der Waals surface area contributed by atoms with E-state index in [-0.39, 0.29) is 11.8 Å². The molecule has 0 saturated carbocycles. The Morgan fingerprint density at radius 2 is 2.50 bits per heavy atom. The fourth-order valence-electron chi connectivity index (χ4n) is 0.966. The first-order valence-electron chi connectivity index (χ1n) is 3.58. The lowest BCUT2D eigenvalue weighted by atomic mass is 10.1. The lowest BCUT2D eigenvalue weighted by molar-refractivity contribution is -0.115.